The maximum atomic E-state index is 6.15. The van der Waals surface area contributed by atoms with Gasteiger partial charge in [0.1, 0.15) is 5.69 Å². The first-order valence-corrected chi connectivity index (χ1v) is 6.90. The lowest BCUT2D eigenvalue weighted by Crippen LogP contribution is -2.27. The van der Waals surface area contributed by atoms with Crippen molar-refractivity contribution in [2.75, 3.05) is 0 Å². The molecule has 0 fully saturated rings. The highest BCUT2D eigenvalue weighted by molar-refractivity contribution is 5.80. The minimum absolute atomic E-state index is 0.127. The lowest BCUT2D eigenvalue weighted by atomic mass is 9.87. The highest BCUT2D eigenvalue weighted by atomic mass is 16.5. The molecule has 1 unspecified atom stereocenters. The summed E-state index contributed by atoms with van der Waals surface area (Å²) in [5.74, 6) is 0.905. The Bertz CT molecular complexity index is 773. The largest absolute Gasteiger partial charge is 0.332 e. The van der Waals surface area contributed by atoms with Crippen LogP contribution in [0.3, 0.4) is 0 Å². The van der Waals surface area contributed by atoms with Crippen LogP contribution in [0.4, 0.5) is 0 Å². The number of rotatable bonds is 2. The molecule has 5 heteroatoms. The number of hydrogen-bond donors (Lipinski definition) is 1. The van der Waals surface area contributed by atoms with Gasteiger partial charge in [-0.2, -0.15) is 4.98 Å². The summed E-state index contributed by atoms with van der Waals surface area (Å²) >= 11 is 0. The Morgan fingerprint density at radius 1 is 1.05 bits per heavy atom. The summed E-state index contributed by atoms with van der Waals surface area (Å²) in [7, 11) is 0. The Hall–Kier alpha value is -2.27. The van der Waals surface area contributed by atoms with E-state index in [1.165, 1.54) is 0 Å². The molecule has 0 bridgehead atoms. The second-order valence-electron chi connectivity index (χ2n) is 6.19. The molecule has 0 saturated carbocycles. The van der Waals surface area contributed by atoms with Gasteiger partial charge >= 0.3 is 0 Å². The van der Waals surface area contributed by atoms with Crippen molar-refractivity contribution < 1.29 is 4.52 Å². The van der Waals surface area contributed by atoms with Crippen LogP contribution >= 0.6 is 0 Å². The molecule has 21 heavy (non-hydrogen) atoms. The minimum Gasteiger partial charge on any atom is -0.332 e. The van der Waals surface area contributed by atoms with Crippen molar-refractivity contribution in [3.05, 3.63) is 42.2 Å². The lowest BCUT2D eigenvalue weighted by molar-refractivity contribution is 0.303. The van der Waals surface area contributed by atoms with Crippen LogP contribution in [0.5, 0.6) is 0 Å². The number of para-hydroxylation sites is 1. The molecule has 2 aromatic heterocycles. The molecule has 0 aliphatic rings. The van der Waals surface area contributed by atoms with Crippen LogP contribution in [0.25, 0.3) is 22.5 Å². The molecule has 0 radical (unpaired) electrons. The zero-order chi connectivity index (χ0) is 15.0. The van der Waals surface area contributed by atoms with E-state index in [-0.39, 0.29) is 11.5 Å². The predicted molar refractivity (Wildman–Crippen MR) is 81.4 cm³/mol. The summed E-state index contributed by atoms with van der Waals surface area (Å²) in [4.78, 5) is 8.93. The number of hydrogen-bond acceptors (Lipinski definition) is 5. The van der Waals surface area contributed by atoms with Gasteiger partial charge in [-0.15, -0.1) is 0 Å². The van der Waals surface area contributed by atoms with Crippen molar-refractivity contribution in [3.63, 3.8) is 0 Å². The molecule has 0 spiro atoms. The molecule has 0 aliphatic carbocycles. The first-order valence-electron chi connectivity index (χ1n) is 6.90. The van der Waals surface area contributed by atoms with Crippen molar-refractivity contribution >= 4 is 10.9 Å². The Balaban J connectivity index is 1.98. The minimum atomic E-state index is -0.282. The molecule has 3 rings (SSSR count). The van der Waals surface area contributed by atoms with E-state index in [0.29, 0.717) is 17.4 Å². The third-order valence-corrected chi connectivity index (χ3v) is 3.47. The number of pyridine rings is 1. The summed E-state index contributed by atoms with van der Waals surface area (Å²) in [5.41, 5.74) is 7.58. The van der Waals surface area contributed by atoms with Crippen LogP contribution in [-0.4, -0.2) is 15.1 Å². The molecule has 1 atom stereocenters. The zero-order valence-corrected chi connectivity index (χ0v) is 12.4. The van der Waals surface area contributed by atoms with Gasteiger partial charge in [-0.25, -0.2) is 4.98 Å². The SMILES string of the molecule is CC(C)(C)C(N)c1noc(-c2ccc3ccccc3n2)n1. The normalized spacial score (nSPS) is 13.5. The second-order valence-corrected chi connectivity index (χ2v) is 6.19. The fourth-order valence-electron chi connectivity index (χ4n) is 2.04. The van der Waals surface area contributed by atoms with Crippen LogP contribution in [0.15, 0.2) is 40.9 Å². The van der Waals surface area contributed by atoms with Gasteiger partial charge < -0.3 is 10.3 Å². The molecular weight excluding hydrogens is 264 g/mol. The first kappa shape index (κ1) is 13.7. The third-order valence-electron chi connectivity index (χ3n) is 3.47. The van der Waals surface area contributed by atoms with Gasteiger partial charge in [-0.05, 0) is 17.5 Å². The summed E-state index contributed by atoms with van der Waals surface area (Å²) in [6, 6.07) is 11.5. The maximum absolute atomic E-state index is 6.15. The summed E-state index contributed by atoms with van der Waals surface area (Å²) in [5, 5.41) is 5.06. The molecule has 108 valence electrons. The molecule has 5 nitrogen and oxygen atoms in total. The predicted octanol–water partition coefficient (Wildman–Crippen LogP) is 3.33. The standard InChI is InChI=1S/C16H18N4O/c1-16(2,3)13(17)14-19-15(21-20-14)12-9-8-10-6-4-5-7-11(10)18-12/h4-9,13H,17H2,1-3H3. The molecule has 2 heterocycles. The third kappa shape index (κ3) is 2.64. The molecular formula is C16H18N4O. The summed E-state index contributed by atoms with van der Waals surface area (Å²) in [6.07, 6.45) is 0. The van der Waals surface area contributed by atoms with E-state index in [0.717, 1.165) is 10.9 Å². The van der Waals surface area contributed by atoms with Gasteiger partial charge in [0.15, 0.2) is 5.82 Å². The topological polar surface area (TPSA) is 77.8 Å². The van der Waals surface area contributed by atoms with Gasteiger partial charge in [-0.1, -0.05) is 50.2 Å². The fraction of sp³-hybridized carbons (Fsp3) is 0.312. The Morgan fingerprint density at radius 3 is 2.57 bits per heavy atom. The number of nitrogens with two attached hydrogens (primary N) is 1. The Kier molecular flexibility index (Phi) is 3.22. The van der Waals surface area contributed by atoms with Gasteiger partial charge in [0.2, 0.25) is 0 Å². The number of fused-ring (bicyclic) bond motifs is 1. The summed E-state index contributed by atoms with van der Waals surface area (Å²) < 4.78 is 5.31. The molecule has 0 aliphatic heterocycles. The van der Waals surface area contributed by atoms with Crippen LogP contribution in [0.1, 0.15) is 32.6 Å². The van der Waals surface area contributed by atoms with E-state index in [4.69, 9.17) is 10.3 Å². The maximum Gasteiger partial charge on any atom is 0.276 e. The van der Waals surface area contributed by atoms with Crippen LogP contribution in [-0.2, 0) is 0 Å². The van der Waals surface area contributed by atoms with Crippen molar-refractivity contribution in [2.45, 2.75) is 26.8 Å². The van der Waals surface area contributed by atoms with Gasteiger partial charge in [-0.3, -0.25) is 0 Å². The van der Waals surface area contributed by atoms with Crippen molar-refractivity contribution in [1.29, 1.82) is 0 Å². The van der Waals surface area contributed by atoms with Gasteiger partial charge in [0.05, 0.1) is 11.6 Å². The van der Waals surface area contributed by atoms with Crippen LogP contribution in [0.2, 0.25) is 0 Å². The van der Waals surface area contributed by atoms with E-state index in [1.807, 2.05) is 57.2 Å². The highest BCUT2D eigenvalue weighted by Gasteiger charge is 2.27. The van der Waals surface area contributed by atoms with Crippen molar-refractivity contribution in [3.8, 4) is 11.6 Å². The number of nitrogens with zero attached hydrogens (tertiary/aromatic N) is 3. The molecule has 2 N–H and O–H groups in total. The monoisotopic (exact) mass is 282 g/mol. The fourth-order valence-corrected chi connectivity index (χ4v) is 2.04. The molecule has 3 aromatic rings. The van der Waals surface area contributed by atoms with E-state index >= 15 is 0 Å². The molecule has 1 aromatic carbocycles. The Labute approximate surface area is 123 Å². The van der Waals surface area contributed by atoms with Gasteiger partial charge in [0.25, 0.3) is 5.89 Å². The van der Waals surface area contributed by atoms with Crippen molar-refractivity contribution in [2.24, 2.45) is 11.1 Å². The first-order chi connectivity index (χ1) is 9.95. The lowest BCUT2D eigenvalue weighted by Gasteiger charge is -2.23. The molecule has 0 amide bonds. The average molecular weight is 282 g/mol. The van der Waals surface area contributed by atoms with E-state index in [1.54, 1.807) is 0 Å². The highest BCUT2D eigenvalue weighted by Crippen LogP contribution is 2.29. The van der Waals surface area contributed by atoms with Crippen molar-refractivity contribution in [1.82, 2.24) is 15.1 Å². The number of aromatic nitrogens is 3. The van der Waals surface area contributed by atoms with E-state index in [2.05, 4.69) is 15.1 Å². The van der Waals surface area contributed by atoms with Crippen LogP contribution < -0.4 is 5.73 Å². The summed E-state index contributed by atoms with van der Waals surface area (Å²) in [6.45, 7) is 6.13. The average Bonchev–Trinajstić information content (AvgIpc) is 2.94. The van der Waals surface area contributed by atoms with Gasteiger partial charge in [0, 0.05) is 5.39 Å². The quantitative estimate of drug-likeness (QED) is 0.780. The number of benzene rings is 1. The van der Waals surface area contributed by atoms with E-state index < -0.39 is 0 Å². The smallest absolute Gasteiger partial charge is 0.276 e. The zero-order valence-electron chi connectivity index (χ0n) is 12.4. The second kappa shape index (κ2) is 4.93. The Morgan fingerprint density at radius 2 is 1.81 bits per heavy atom. The van der Waals surface area contributed by atoms with E-state index in [9.17, 15) is 0 Å². The van der Waals surface area contributed by atoms with Crippen LogP contribution in [0, 0.1) is 5.41 Å². The molecule has 0 saturated heterocycles.